The molecule has 2 aromatic rings. The summed E-state index contributed by atoms with van der Waals surface area (Å²) >= 11 is 1.76. The third-order valence-electron chi connectivity index (χ3n) is 2.81. The van der Waals surface area contributed by atoms with Crippen molar-refractivity contribution in [2.45, 2.75) is 32.1 Å². The van der Waals surface area contributed by atoms with E-state index >= 15 is 0 Å². The van der Waals surface area contributed by atoms with Crippen molar-refractivity contribution in [3.8, 4) is 5.69 Å². The highest BCUT2D eigenvalue weighted by Gasteiger charge is 2.10. The Balaban J connectivity index is 2.36. The topological polar surface area (TPSA) is 43.8 Å². The average molecular weight is 261 g/mol. The van der Waals surface area contributed by atoms with Crippen LogP contribution in [0.4, 0.5) is 5.82 Å². The van der Waals surface area contributed by atoms with Gasteiger partial charge in [-0.2, -0.15) is 5.10 Å². The summed E-state index contributed by atoms with van der Waals surface area (Å²) in [5, 5.41) is 4.40. The molecular weight excluding hydrogens is 242 g/mol. The number of aryl methyl sites for hydroxylation is 2. The first-order valence-corrected chi connectivity index (χ1v) is 7.16. The summed E-state index contributed by atoms with van der Waals surface area (Å²) < 4.78 is 1.83. The second kappa shape index (κ2) is 5.48. The maximum atomic E-state index is 6.16. The second-order valence-corrected chi connectivity index (χ2v) is 5.58. The van der Waals surface area contributed by atoms with E-state index in [4.69, 9.17) is 5.73 Å². The smallest absolute Gasteiger partial charge is 0.140 e. The predicted molar refractivity (Wildman–Crippen MR) is 78.5 cm³/mol. The van der Waals surface area contributed by atoms with Gasteiger partial charge in [-0.05, 0) is 37.7 Å². The lowest BCUT2D eigenvalue weighted by Crippen LogP contribution is -2.04. The Bertz CT molecular complexity index is 546. The van der Waals surface area contributed by atoms with Crippen LogP contribution in [0.5, 0.6) is 0 Å². The molecule has 2 rings (SSSR count). The molecule has 0 fully saturated rings. The first-order chi connectivity index (χ1) is 8.63. The standard InChI is InChI=1S/C14H19N3S/c1-4-7-18-13-9-16-17(14(13)15)12-6-5-10(2)8-11(12)3/h5-6,8-9H,4,7,15H2,1-3H3. The molecule has 0 amide bonds. The second-order valence-electron chi connectivity index (χ2n) is 4.44. The Kier molecular flexibility index (Phi) is 3.97. The summed E-state index contributed by atoms with van der Waals surface area (Å²) in [6.45, 7) is 6.34. The lowest BCUT2D eigenvalue weighted by Gasteiger charge is -2.09. The van der Waals surface area contributed by atoms with Gasteiger partial charge < -0.3 is 5.73 Å². The molecular formula is C14H19N3S. The summed E-state index contributed by atoms with van der Waals surface area (Å²) in [5.74, 6) is 1.81. The van der Waals surface area contributed by atoms with E-state index in [2.05, 4.69) is 44.1 Å². The van der Waals surface area contributed by atoms with Crippen molar-refractivity contribution in [1.29, 1.82) is 0 Å². The largest absolute Gasteiger partial charge is 0.383 e. The summed E-state index contributed by atoms with van der Waals surface area (Å²) in [5.41, 5.74) is 9.66. The Hall–Kier alpha value is -1.42. The van der Waals surface area contributed by atoms with E-state index < -0.39 is 0 Å². The fraction of sp³-hybridized carbons (Fsp3) is 0.357. The lowest BCUT2D eigenvalue weighted by atomic mass is 10.1. The van der Waals surface area contributed by atoms with E-state index in [9.17, 15) is 0 Å². The molecule has 0 saturated carbocycles. The molecule has 1 heterocycles. The average Bonchev–Trinajstić information content (AvgIpc) is 2.68. The van der Waals surface area contributed by atoms with Gasteiger partial charge in [0.15, 0.2) is 0 Å². The number of hydrogen-bond donors (Lipinski definition) is 1. The van der Waals surface area contributed by atoms with E-state index in [0.717, 1.165) is 28.6 Å². The zero-order valence-electron chi connectivity index (χ0n) is 11.1. The van der Waals surface area contributed by atoms with Crippen LogP contribution in [0, 0.1) is 13.8 Å². The molecule has 0 saturated heterocycles. The third-order valence-corrected chi connectivity index (χ3v) is 4.05. The highest BCUT2D eigenvalue weighted by molar-refractivity contribution is 7.99. The summed E-state index contributed by atoms with van der Waals surface area (Å²) in [4.78, 5) is 1.07. The van der Waals surface area contributed by atoms with Crippen LogP contribution in [0.25, 0.3) is 5.69 Å². The number of thioether (sulfide) groups is 1. The number of rotatable bonds is 4. The van der Waals surface area contributed by atoms with Crippen LogP contribution < -0.4 is 5.73 Å². The van der Waals surface area contributed by atoms with Gasteiger partial charge in [0.25, 0.3) is 0 Å². The third kappa shape index (κ3) is 2.53. The van der Waals surface area contributed by atoms with Crippen molar-refractivity contribution in [2.75, 3.05) is 11.5 Å². The van der Waals surface area contributed by atoms with Crippen molar-refractivity contribution in [1.82, 2.24) is 9.78 Å². The Labute approximate surface area is 112 Å². The zero-order valence-corrected chi connectivity index (χ0v) is 11.9. The Morgan fingerprint density at radius 1 is 1.33 bits per heavy atom. The maximum absolute atomic E-state index is 6.16. The van der Waals surface area contributed by atoms with Gasteiger partial charge in [0, 0.05) is 0 Å². The number of hydrogen-bond acceptors (Lipinski definition) is 3. The summed E-state index contributed by atoms with van der Waals surface area (Å²) in [7, 11) is 0. The monoisotopic (exact) mass is 261 g/mol. The van der Waals surface area contributed by atoms with Crippen LogP contribution in [0.3, 0.4) is 0 Å². The van der Waals surface area contributed by atoms with Gasteiger partial charge in [-0.25, -0.2) is 4.68 Å². The van der Waals surface area contributed by atoms with E-state index in [1.54, 1.807) is 11.8 Å². The molecule has 0 aliphatic heterocycles. The van der Waals surface area contributed by atoms with Crippen molar-refractivity contribution in [3.63, 3.8) is 0 Å². The minimum atomic E-state index is 0.736. The predicted octanol–water partition coefficient (Wildman–Crippen LogP) is 3.57. The van der Waals surface area contributed by atoms with Gasteiger partial charge in [-0.1, -0.05) is 24.6 Å². The van der Waals surface area contributed by atoms with Crippen LogP contribution in [0.2, 0.25) is 0 Å². The molecule has 0 atom stereocenters. The Morgan fingerprint density at radius 2 is 2.11 bits per heavy atom. The quantitative estimate of drug-likeness (QED) is 0.856. The van der Waals surface area contributed by atoms with Crippen LogP contribution in [0.1, 0.15) is 24.5 Å². The number of nitrogen functional groups attached to an aromatic ring is 1. The molecule has 0 aliphatic carbocycles. The minimum absolute atomic E-state index is 0.736. The van der Waals surface area contributed by atoms with E-state index in [-0.39, 0.29) is 0 Å². The molecule has 96 valence electrons. The number of nitrogens with zero attached hydrogens (tertiary/aromatic N) is 2. The fourth-order valence-electron chi connectivity index (χ4n) is 1.90. The normalized spacial score (nSPS) is 10.8. The first-order valence-electron chi connectivity index (χ1n) is 6.17. The van der Waals surface area contributed by atoms with Crippen molar-refractivity contribution < 1.29 is 0 Å². The fourth-order valence-corrected chi connectivity index (χ4v) is 2.68. The van der Waals surface area contributed by atoms with Gasteiger partial charge in [-0.15, -0.1) is 11.8 Å². The van der Waals surface area contributed by atoms with Crippen molar-refractivity contribution in [2.24, 2.45) is 0 Å². The molecule has 3 nitrogen and oxygen atoms in total. The first kappa shape index (κ1) is 13.0. The number of aromatic nitrogens is 2. The van der Waals surface area contributed by atoms with Crippen molar-refractivity contribution >= 4 is 17.6 Å². The van der Waals surface area contributed by atoms with Crippen LogP contribution in [0.15, 0.2) is 29.3 Å². The highest BCUT2D eigenvalue weighted by Crippen LogP contribution is 2.28. The maximum Gasteiger partial charge on any atom is 0.140 e. The van der Waals surface area contributed by atoms with Crippen LogP contribution in [-0.4, -0.2) is 15.5 Å². The molecule has 1 aromatic carbocycles. The summed E-state index contributed by atoms with van der Waals surface area (Å²) in [6, 6.07) is 6.31. The van der Waals surface area contributed by atoms with E-state index in [1.165, 1.54) is 11.1 Å². The Morgan fingerprint density at radius 3 is 2.78 bits per heavy atom. The molecule has 1 aromatic heterocycles. The van der Waals surface area contributed by atoms with Gasteiger partial charge >= 0.3 is 0 Å². The molecule has 0 aliphatic rings. The number of nitrogens with two attached hydrogens (primary N) is 1. The van der Waals surface area contributed by atoms with E-state index in [0.29, 0.717) is 0 Å². The molecule has 4 heteroatoms. The van der Waals surface area contributed by atoms with E-state index in [1.807, 2.05) is 10.9 Å². The van der Waals surface area contributed by atoms with Gasteiger partial charge in [-0.3, -0.25) is 0 Å². The van der Waals surface area contributed by atoms with Crippen LogP contribution >= 0.6 is 11.8 Å². The van der Waals surface area contributed by atoms with Gasteiger partial charge in [0.1, 0.15) is 5.82 Å². The molecule has 0 unspecified atom stereocenters. The zero-order chi connectivity index (χ0) is 13.1. The lowest BCUT2D eigenvalue weighted by molar-refractivity contribution is 0.882. The molecule has 2 N–H and O–H groups in total. The van der Waals surface area contributed by atoms with Crippen LogP contribution in [-0.2, 0) is 0 Å². The molecule has 0 spiro atoms. The molecule has 0 bridgehead atoms. The summed E-state index contributed by atoms with van der Waals surface area (Å²) in [6.07, 6.45) is 2.99. The van der Waals surface area contributed by atoms with Gasteiger partial charge in [0.05, 0.1) is 16.8 Å². The SMILES string of the molecule is CCCSc1cnn(-c2ccc(C)cc2C)c1N. The number of benzene rings is 1. The number of anilines is 1. The minimum Gasteiger partial charge on any atom is -0.383 e. The molecule has 18 heavy (non-hydrogen) atoms. The molecule has 0 radical (unpaired) electrons. The highest BCUT2D eigenvalue weighted by atomic mass is 32.2. The van der Waals surface area contributed by atoms with Crippen molar-refractivity contribution in [3.05, 3.63) is 35.5 Å². The van der Waals surface area contributed by atoms with Gasteiger partial charge in [0.2, 0.25) is 0 Å².